The Bertz CT molecular complexity index is 494. The van der Waals surface area contributed by atoms with E-state index < -0.39 is 0 Å². The molecule has 3 rings (SSSR count). The summed E-state index contributed by atoms with van der Waals surface area (Å²) in [7, 11) is 0. The van der Waals surface area contributed by atoms with Crippen molar-refractivity contribution < 1.29 is 4.79 Å². The maximum atomic E-state index is 12.6. The summed E-state index contributed by atoms with van der Waals surface area (Å²) in [4.78, 5) is 14.5. The summed E-state index contributed by atoms with van der Waals surface area (Å²) in [6.07, 6.45) is 2.31. The lowest BCUT2D eigenvalue weighted by atomic mass is 9.98. The molecule has 0 aromatic heterocycles. The highest BCUT2D eigenvalue weighted by Crippen LogP contribution is 2.37. The van der Waals surface area contributed by atoms with Gasteiger partial charge in [0.1, 0.15) is 0 Å². The molecular formula is C17H24N2O. The van der Waals surface area contributed by atoms with Gasteiger partial charge in [-0.15, -0.1) is 0 Å². The zero-order valence-corrected chi connectivity index (χ0v) is 12.4. The molecule has 108 valence electrons. The van der Waals surface area contributed by atoms with Gasteiger partial charge in [-0.1, -0.05) is 26.0 Å². The van der Waals surface area contributed by atoms with E-state index in [1.165, 1.54) is 12.0 Å². The lowest BCUT2D eigenvalue weighted by molar-refractivity contribution is 0.0779. The lowest BCUT2D eigenvalue weighted by Crippen LogP contribution is -2.33. The number of carbonyl (C=O) groups is 1. The molecule has 1 aromatic rings. The number of rotatable bonds is 2. The van der Waals surface area contributed by atoms with E-state index in [0.717, 1.165) is 25.1 Å². The van der Waals surface area contributed by atoms with Crippen LogP contribution in [-0.4, -0.2) is 29.9 Å². The third-order valence-corrected chi connectivity index (χ3v) is 5.02. The number of benzene rings is 1. The van der Waals surface area contributed by atoms with E-state index in [9.17, 15) is 4.79 Å². The monoisotopic (exact) mass is 272 g/mol. The zero-order valence-electron chi connectivity index (χ0n) is 12.4. The third-order valence-electron chi connectivity index (χ3n) is 5.02. The minimum absolute atomic E-state index is 0.168. The second-order valence-electron chi connectivity index (χ2n) is 6.65. The molecular weight excluding hydrogens is 248 g/mol. The standard InChI is InChI=1S/C17H24N2O/c1-11(2)12-3-5-13(6-4-12)17(20)19-9-14-7-8-16(18)15(14)10-19/h3-6,11,14-16H,7-10,18H2,1-2H3. The molecule has 3 unspecified atom stereocenters. The van der Waals surface area contributed by atoms with Gasteiger partial charge < -0.3 is 10.6 Å². The fraction of sp³-hybridized carbons (Fsp3) is 0.588. The van der Waals surface area contributed by atoms with Crippen molar-refractivity contribution in [1.29, 1.82) is 0 Å². The molecule has 0 radical (unpaired) electrons. The van der Waals surface area contributed by atoms with Crippen LogP contribution in [0.5, 0.6) is 0 Å². The van der Waals surface area contributed by atoms with Gasteiger partial charge in [-0.3, -0.25) is 4.79 Å². The fourth-order valence-corrected chi connectivity index (χ4v) is 3.67. The number of nitrogens with two attached hydrogens (primary N) is 1. The first kappa shape index (κ1) is 13.6. The van der Waals surface area contributed by atoms with Gasteiger partial charge in [0.2, 0.25) is 0 Å². The quantitative estimate of drug-likeness (QED) is 0.899. The normalized spacial score (nSPS) is 29.0. The van der Waals surface area contributed by atoms with Crippen molar-refractivity contribution >= 4 is 5.91 Å². The number of likely N-dealkylation sites (tertiary alicyclic amines) is 1. The summed E-state index contributed by atoms with van der Waals surface area (Å²) in [5.41, 5.74) is 8.22. The van der Waals surface area contributed by atoms with Crippen molar-refractivity contribution in [3.8, 4) is 0 Å². The van der Waals surface area contributed by atoms with Gasteiger partial charge in [0, 0.05) is 24.7 Å². The minimum atomic E-state index is 0.168. The molecule has 2 fully saturated rings. The Hall–Kier alpha value is -1.35. The summed E-state index contributed by atoms with van der Waals surface area (Å²) >= 11 is 0. The van der Waals surface area contributed by atoms with Crippen molar-refractivity contribution in [1.82, 2.24) is 4.90 Å². The Morgan fingerprint density at radius 3 is 2.50 bits per heavy atom. The molecule has 1 aliphatic heterocycles. The predicted octanol–water partition coefficient (Wildman–Crippen LogP) is 2.62. The molecule has 3 heteroatoms. The van der Waals surface area contributed by atoms with E-state index in [-0.39, 0.29) is 5.91 Å². The summed E-state index contributed by atoms with van der Waals surface area (Å²) in [5.74, 6) is 1.82. The number of fused-ring (bicyclic) bond motifs is 1. The maximum absolute atomic E-state index is 12.6. The van der Waals surface area contributed by atoms with E-state index in [0.29, 0.717) is 23.8 Å². The molecule has 0 bridgehead atoms. The van der Waals surface area contributed by atoms with Crippen molar-refractivity contribution in [3.63, 3.8) is 0 Å². The molecule has 3 nitrogen and oxygen atoms in total. The highest BCUT2D eigenvalue weighted by atomic mass is 16.2. The second-order valence-corrected chi connectivity index (χ2v) is 6.65. The average molecular weight is 272 g/mol. The van der Waals surface area contributed by atoms with E-state index >= 15 is 0 Å². The molecule has 2 aliphatic rings. The molecule has 1 aromatic carbocycles. The van der Waals surface area contributed by atoms with E-state index in [1.807, 2.05) is 17.0 Å². The van der Waals surface area contributed by atoms with Crippen molar-refractivity contribution in [2.45, 2.75) is 38.6 Å². The van der Waals surface area contributed by atoms with Crippen molar-refractivity contribution in [3.05, 3.63) is 35.4 Å². The summed E-state index contributed by atoms with van der Waals surface area (Å²) in [6.45, 7) is 6.07. The topological polar surface area (TPSA) is 46.3 Å². The van der Waals surface area contributed by atoms with Gasteiger partial charge in [-0.2, -0.15) is 0 Å². The Balaban J connectivity index is 1.70. The Kier molecular flexibility index (Phi) is 3.55. The number of hydrogen-bond donors (Lipinski definition) is 1. The van der Waals surface area contributed by atoms with Gasteiger partial charge in [0.05, 0.1) is 0 Å². The van der Waals surface area contributed by atoms with Crippen LogP contribution >= 0.6 is 0 Å². The zero-order chi connectivity index (χ0) is 14.3. The van der Waals surface area contributed by atoms with Crippen LogP contribution in [-0.2, 0) is 0 Å². The van der Waals surface area contributed by atoms with Crippen molar-refractivity contribution in [2.75, 3.05) is 13.1 Å². The van der Waals surface area contributed by atoms with Gasteiger partial charge in [0.15, 0.2) is 0 Å². The molecule has 1 amide bonds. The van der Waals surface area contributed by atoms with E-state index in [1.54, 1.807) is 0 Å². The Morgan fingerprint density at radius 2 is 1.90 bits per heavy atom. The fourth-order valence-electron chi connectivity index (χ4n) is 3.67. The highest BCUT2D eigenvalue weighted by molar-refractivity contribution is 5.94. The smallest absolute Gasteiger partial charge is 0.253 e. The predicted molar refractivity (Wildman–Crippen MR) is 80.6 cm³/mol. The molecule has 1 saturated carbocycles. The second kappa shape index (κ2) is 5.21. The first-order valence-electron chi connectivity index (χ1n) is 7.71. The number of carbonyl (C=O) groups excluding carboxylic acids is 1. The van der Waals surface area contributed by atoms with Crippen LogP contribution in [0.15, 0.2) is 24.3 Å². The van der Waals surface area contributed by atoms with Gasteiger partial charge >= 0.3 is 0 Å². The minimum Gasteiger partial charge on any atom is -0.338 e. The molecule has 1 heterocycles. The van der Waals surface area contributed by atoms with Crippen LogP contribution in [0.1, 0.15) is 48.5 Å². The lowest BCUT2D eigenvalue weighted by Gasteiger charge is -2.19. The molecule has 1 aliphatic carbocycles. The summed E-state index contributed by atoms with van der Waals surface area (Å²) in [6, 6.07) is 8.36. The van der Waals surface area contributed by atoms with Crippen LogP contribution in [0, 0.1) is 11.8 Å². The summed E-state index contributed by atoms with van der Waals surface area (Å²) in [5, 5.41) is 0. The highest BCUT2D eigenvalue weighted by Gasteiger charge is 2.42. The van der Waals surface area contributed by atoms with Gasteiger partial charge in [0.25, 0.3) is 5.91 Å². The number of hydrogen-bond acceptors (Lipinski definition) is 2. The average Bonchev–Trinajstić information content (AvgIpc) is 3.01. The number of amides is 1. The van der Waals surface area contributed by atoms with Gasteiger partial charge in [-0.05, 0) is 48.3 Å². The SMILES string of the molecule is CC(C)c1ccc(C(=O)N2CC3CCC(N)C3C2)cc1. The molecule has 3 atom stereocenters. The molecule has 0 spiro atoms. The van der Waals surface area contributed by atoms with Crippen molar-refractivity contribution in [2.24, 2.45) is 17.6 Å². The first-order valence-corrected chi connectivity index (χ1v) is 7.71. The molecule has 1 saturated heterocycles. The maximum Gasteiger partial charge on any atom is 0.253 e. The Morgan fingerprint density at radius 1 is 1.20 bits per heavy atom. The van der Waals surface area contributed by atoms with Crippen LogP contribution in [0.2, 0.25) is 0 Å². The van der Waals surface area contributed by atoms with E-state index in [2.05, 4.69) is 26.0 Å². The van der Waals surface area contributed by atoms with Crippen LogP contribution in [0.25, 0.3) is 0 Å². The first-order chi connectivity index (χ1) is 9.56. The van der Waals surface area contributed by atoms with Crippen LogP contribution in [0.4, 0.5) is 0 Å². The third kappa shape index (κ3) is 2.35. The number of nitrogens with zero attached hydrogens (tertiary/aromatic N) is 1. The van der Waals surface area contributed by atoms with Crippen LogP contribution < -0.4 is 5.73 Å². The largest absolute Gasteiger partial charge is 0.338 e. The van der Waals surface area contributed by atoms with Gasteiger partial charge in [-0.25, -0.2) is 0 Å². The van der Waals surface area contributed by atoms with Crippen LogP contribution in [0.3, 0.4) is 0 Å². The molecule has 20 heavy (non-hydrogen) atoms. The summed E-state index contributed by atoms with van der Waals surface area (Å²) < 4.78 is 0. The molecule has 2 N–H and O–H groups in total. The van der Waals surface area contributed by atoms with E-state index in [4.69, 9.17) is 5.73 Å². The Labute approximate surface area is 121 Å².